The van der Waals surface area contributed by atoms with Crippen molar-refractivity contribution >= 4 is 35.8 Å². The van der Waals surface area contributed by atoms with Crippen molar-refractivity contribution in [2.75, 3.05) is 18.4 Å². The molecule has 2 N–H and O–H groups in total. The lowest BCUT2D eigenvalue weighted by molar-refractivity contribution is -0.120. The van der Waals surface area contributed by atoms with E-state index in [1.165, 1.54) is 4.90 Å². The Hall–Kier alpha value is -0.710. The summed E-state index contributed by atoms with van der Waals surface area (Å²) in [5.74, 6) is 0.308. The van der Waals surface area contributed by atoms with Gasteiger partial charge in [0.25, 0.3) is 0 Å². The standard InChI is InChI=1S/C16H24N2OS.ClH/c1-16(2,3)20-14-6-4-13(5-7-14)18-15(19)12-8-10-17-11-9-12;/h4-7,12,17H,8-11H2,1-3H3,(H,18,19);1H. The third kappa shape index (κ3) is 6.29. The molecule has 1 amide bonds. The van der Waals surface area contributed by atoms with Crippen LogP contribution in [0.2, 0.25) is 0 Å². The van der Waals surface area contributed by atoms with Gasteiger partial charge in [0.1, 0.15) is 0 Å². The van der Waals surface area contributed by atoms with Crippen molar-refractivity contribution in [3.63, 3.8) is 0 Å². The molecule has 1 aromatic carbocycles. The number of hydrogen-bond donors (Lipinski definition) is 2. The molecule has 0 saturated carbocycles. The van der Waals surface area contributed by atoms with E-state index < -0.39 is 0 Å². The summed E-state index contributed by atoms with van der Waals surface area (Å²) in [6.07, 6.45) is 1.87. The highest BCUT2D eigenvalue weighted by Crippen LogP contribution is 2.32. The van der Waals surface area contributed by atoms with Crippen LogP contribution in [0.5, 0.6) is 0 Å². The summed E-state index contributed by atoms with van der Waals surface area (Å²) >= 11 is 1.84. The zero-order chi connectivity index (χ0) is 14.6. The zero-order valence-corrected chi connectivity index (χ0v) is 14.6. The molecule has 5 heteroatoms. The second-order valence-electron chi connectivity index (χ2n) is 6.25. The van der Waals surface area contributed by atoms with Gasteiger partial charge in [0.2, 0.25) is 5.91 Å². The average molecular weight is 329 g/mol. The first-order chi connectivity index (χ1) is 9.44. The SMILES string of the molecule is CC(C)(C)Sc1ccc(NC(=O)C2CCNCC2)cc1.Cl. The van der Waals surface area contributed by atoms with Crippen LogP contribution >= 0.6 is 24.2 Å². The number of anilines is 1. The highest BCUT2D eigenvalue weighted by Gasteiger charge is 2.20. The first-order valence-electron chi connectivity index (χ1n) is 7.25. The Kier molecular flexibility index (Phi) is 7.04. The Morgan fingerprint density at radius 2 is 1.76 bits per heavy atom. The van der Waals surface area contributed by atoms with Crippen molar-refractivity contribution in [3.8, 4) is 0 Å². The van der Waals surface area contributed by atoms with Crippen molar-refractivity contribution in [1.82, 2.24) is 5.32 Å². The number of halogens is 1. The molecule has 1 aromatic rings. The van der Waals surface area contributed by atoms with Crippen molar-refractivity contribution in [3.05, 3.63) is 24.3 Å². The van der Waals surface area contributed by atoms with E-state index in [1.54, 1.807) is 0 Å². The van der Waals surface area contributed by atoms with Gasteiger partial charge < -0.3 is 10.6 Å². The number of rotatable bonds is 3. The van der Waals surface area contributed by atoms with Gasteiger partial charge in [-0.25, -0.2) is 0 Å². The number of benzene rings is 1. The maximum absolute atomic E-state index is 12.1. The van der Waals surface area contributed by atoms with E-state index in [4.69, 9.17) is 0 Å². The number of hydrogen-bond acceptors (Lipinski definition) is 3. The lowest BCUT2D eigenvalue weighted by atomic mass is 9.97. The van der Waals surface area contributed by atoms with Crippen LogP contribution in [0.3, 0.4) is 0 Å². The second kappa shape index (κ2) is 8.06. The minimum absolute atomic E-state index is 0. The van der Waals surface area contributed by atoms with E-state index in [1.807, 2.05) is 23.9 Å². The van der Waals surface area contributed by atoms with Gasteiger partial charge in [0.15, 0.2) is 0 Å². The molecule has 1 saturated heterocycles. The lowest BCUT2D eigenvalue weighted by Crippen LogP contribution is -2.34. The van der Waals surface area contributed by atoms with Crippen LogP contribution in [0.4, 0.5) is 5.69 Å². The van der Waals surface area contributed by atoms with Crippen LogP contribution in [0.15, 0.2) is 29.2 Å². The smallest absolute Gasteiger partial charge is 0.227 e. The van der Waals surface area contributed by atoms with Crippen LogP contribution in [0, 0.1) is 5.92 Å². The van der Waals surface area contributed by atoms with Crippen molar-refractivity contribution < 1.29 is 4.79 Å². The van der Waals surface area contributed by atoms with Crippen LogP contribution in [0.25, 0.3) is 0 Å². The van der Waals surface area contributed by atoms with Crippen molar-refractivity contribution in [2.24, 2.45) is 5.92 Å². The van der Waals surface area contributed by atoms with Gasteiger partial charge in [-0.1, -0.05) is 20.8 Å². The van der Waals surface area contributed by atoms with Crippen molar-refractivity contribution in [2.45, 2.75) is 43.3 Å². The fourth-order valence-corrected chi connectivity index (χ4v) is 3.27. The van der Waals surface area contributed by atoms with Crippen LogP contribution in [-0.4, -0.2) is 23.7 Å². The number of carbonyl (C=O) groups excluding carboxylic acids is 1. The van der Waals surface area contributed by atoms with Gasteiger partial charge in [0, 0.05) is 21.2 Å². The molecule has 1 fully saturated rings. The molecule has 2 rings (SSSR count). The van der Waals surface area contributed by atoms with Gasteiger partial charge in [-0.15, -0.1) is 24.2 Å². The largest absolute Gasteiger partial charge is 0.326 e. The molecule has 118 valence electrons. The molecule has 0 bridgehead atoms. The number of piperidine rings is 1. The first kappa shape index (κ1) is 18.3. The molecule has 0 unspecified atom stereocenters. The fraction of sp³-hybridized carbons (Fsp3) is 0.562. The van der Waals surface area contributed by atoms with E-state index in [2.05, 4.69) is 43.5 Å². The number of nitrogens with one attached hydrogen (secondary N) is 2. The van der Waals surface area contributed by atoms with Crippen molar-refractivity contribution in [1.29, 1.82) is 0 Å². The summed E-state index contributed by atoms with van der Waals surface area (Å²) in [5, 5.41) is 6.31. The molecule has 21 heavy (non-hydrogen) atoms. The molecule has 0 radical (unpaired) electrons. The molecule has 0 atom stereocenters. The average Bonchev–Trinajstić information content (AvgIpc) is 2.40. The van der Waals surface area contributed by atoms with E-state index in [0.29, 0.717) is 0 Å². The first-order valence-corrected chi connectivity index (χ1v) is 8.06. The summed E-state index contributed by atoms with van der Waals surface area (Å²) in [7, 11) is 0. The summed E-state index contributed by atoms with van der Waals surface area (Å²) < 4.78 is 0.208. The van der Waals surface area contributed by atoms with Crippen LogP contribution < -0.4 is 10.6 Å². The maximum atomic E-state index is 12.1. The number of carbonyl (C=O) groups is 1. The van der Waals surface area contributed by atoms with Gasteiger partial charge in [-0.2, -0.15) is 0 Å². The molecule has 1 heterocycles. The monoisotopic (exact) mass is 328 g/mol. The Balaban J connectivity index is 0.00000220. The van der Waals surface area contributed by atoms with E-state index in [9.17, 15) is 4.79 Å². The number of amides is 1. The minimum atomic E-state index is 0. The topological polar surface area (TPSA) is 41.1 Å². The van der Waals surface area contributed by atoms with Gasteiger partial charge >= 0.3 is 0 Å². The third-order valence-electron chi connectivity index (χ3n) is 3.26. The minimum Gasteiger partial charge on any atom is -0.326 e. The van der Waals surface area contributed by atoms with Gasteiger partial charge in [-0.05, 0) is 50.2 Å². The number of thioether (sulfide) groups is 1. The van der Waals surface area contributed by atoms with Crippen LogP contribution in [-0.2, 0) is 4.79 Å². The molecule has 0 aromatic heterocycles. The third-order valence-corrected chi connectivity index (χ3v) is 4.38. The highest BCUT2D eigenvalue weighted by atomic mass is 35.5. The molecule has 3 nitrogen and oxygen atoms in total. The predicted molar refractivity (Wildman–Crippen MR) is 93.5 cm³/mol. The summed E-state index contributed by atoms with van der Waals surface area (Å²) in [6.45, 7) is 8.48. The highest BCUT2D eigenvalue weighted by molar-refractivity contribution is 8.00. The summed E-state index contributed by atoms with van der Waals surface area (Å²) in [6, 6.07) is 8.14. The Labute approximate surface area is 138 Å². The zero-order valence-electron chi connectivity index (χ0n) is 12.9. The molecule has 0 aliphatic carbocycles. The lowest BCUT2D eigenvalue weighted by Gasteiger charge is -2.22. The molecule has 1 aliphatic rings. The summed E-state index contributed by atoms with van der Waals surface area (Å²) in [5.41, 5.74) is 0.895. The molecule has 1 aliphatic heterocycles. The maximum Gasteiger partial charge on any atom is 0.227 e. The second-order valence-corrected chi connectivity index (χ2v) is 8.15. The van der Waals surface area contributed by atoms with E-state index >= 15 is 0 Å². The quantitative estimate of drug-likeness (QED) is 0.826. The normalized spacial score (nSPS) is 16.1. The molecular weight excluding hydrogens is 304 g/mol. The fourth-order valence-electron chi connectivity index (χ4n) is 2.29. The van der Waals surface area contributed by atoms with E-state index in [-0.39, 0.29) is 29.0 Å². The van der Waals surface area contributed by atoms with Crippen LogP contribution in [0.1, 0.15) is 33.6 Å². The summed E-state index contributed by atoms with van der Waals surface area (Å²) in [4.78, 5) is 13.4. The predicted octanol–water partition coefficient (Wildman–Crippen LogP) is 3.94. The Bertz CT molecular complexity index is 450. The van der Waals surface area contributed by atoms with Gasteiger partial charge in [0.05, 0.1) is 0 Å². The molecular formula is C16H25ClN2OS. The Morgan fingerprint density at radius 1 is 1.19 bits per heavy atom. The van der Waals surface area contributed by atoms with Gasteiger partial charge in [-0.3, -0.25) is 4.79 Å². The molecule has 0 spiro atoms. The van der Waals surface area contributed by atoms with E-state index in [0.717, 1.165) is 31.6 Å². The Morgan fingerprint density at radius 3 is 2.29 bits per heavy atom.